The van der Waals surface area contributed by atoms with Gasteiger partial charge in [0.05, 0.1) is 31.1 Å². The lowest BCUT2D eigenvalue weighted by Gasteiger charge is -2.32. The van der Waals surface area contributed by atoms with Gasteiger partial charge < -0.3 is 30.3 Å². The molecule has 37 heavy (non-hydrogen) atoms. The Kier molecular flexibility index (Phi) is 7.87. The molecule has 4 rings (SSSR count). The Labute approximate surface area is 214 Å². The normalized spacial score (nSPS) is 14.0. The number of nitrogens with zero attached hydrogens (tertiary/aromatic N) is 5. The van der Waals surface area contributed by atoms with Crippen LogP contribution in [-0.2, 0) is 11.3 Å². The molecule has 12 nitrogen and oxygen atoms in total. The molecular formula is C25H31N7O5. The van der Waals surface area contributed by atoms with Crippen LogP contribution < -0.4 is 26.1 Å². The van der Waals surface area contributed by atoms with Gasteiger partial charge in [-0.1, -0.05) is 0 Å². The van der Waals surface area contributed by atoms with Crippen LogP contribution in [0.25, 0.3) is 10.8 Å². The van der Waals surface area contributed by atoms with Crippen molar-refractivity contribution in [2.45, 2.75) is 19.9 Å². The fourth-order valence-electron chi connectivity index (χ4n) is 4.23. The van der Waals surface area contributed by atoms with E-state index in [2.05, 4.69) is 20.2 Å². The average molecular weight is 510 g/mol. The molecule has 0 saturated carbocycles. The smallest absolute Gasteiger partial charge is 0.260 e. The van der Waals surface area contributed by atoms with Gasteiger partial charge in [-0.05, 0) is 32.2 Å². The van der Waals surface area contributed by atoms with Gasteiger partial charge in [-0.2, -0.15) is 0 Å². The van der Waals surface area contributed by atoms with Gasteiger partial charge in [0.25, 0.3) is 11.5 Å². The molecule has 3 N–H and O–H groups in total. The Hall–Kier alpha value is -4.19. The van der Waals surface area contributed by atoms with E-state index in [0.29, 0.717) is 41.9 Å². The van der Waals surface area contributed by atoms with Crippen LogP contribution in [-0.4, -0.2) is 83.1 Å². The summed E-state index contributed by atoms with van der Waals surface area (Å²) in [5, 5.41) is 3.64. The van der Waals surface area contributed by atoms with E-state index in [1.54, 1.807) is 25.1 Å². The number of rotatable bonds is 8. The summed E-state index contributed by atoms with van der Waals surface area (Å²) in [6.45, 7) is 5.42. The molecule has 0 atom stereocenters. The van der Waals surface area contributed by atoms with Crippen molar-refractivity contribution in [3.8, 4) is 11.5 Å². The molecule has 1 saturated heterocycles. The van der Waals surface area contributed by atoms with Crippen molar-refractivity contribution < 1.29 is 19.1 Å². The van der Waals surface area contributed by atoms with E-state index in [1.807, 2.05) is 11.9 Å². The Morgan fingerprint density at radius 2 is 1.81 bits per heavy atom. The molecule has 0 spiro atoms. The summed E-state index contributed by atoms with van der Waals surface area (Å²) in [7, 11) is 3.52. The highest BCUT2D eigenvalue weighted by Gasteiger charge is 2.20. The average Bonchev–Trinajstić information content (AvgIpc) is 2.89. The zero-order valence-corrected chi connectivity index (χ0v) is 21.2. The summed E-state index contributed by atoms with van der Waals surface area (Å²) in [6.07, 6.45) is 2.85. The number of methoxy groups -OCH3 is 1. The molecule has 12 heteroatoms. The van der Waals surface area contributed by atoms with Crippen molar-refractivity contribution >= 4 is 34.4 Å². The highest BCUT2D eigenvalue weighted by molar-refractivity contribution is 6.04. The lowest BCUT2D eigenvalue weighted by molar-refractivity contribution is -0.133. The number of amides is 2. The monoisotopic (exact) mass is 509 g/mol. The van der Waals surface area contributed by atoms with Crippen LogP contribution in [0.15, 0.2) is 35.4 Å². The van der Waals surface area contributed by atoms with Gasteiger partial charge in [0.15, 0.2) is 11.5 Å². The van der Waals surface area contributed by atoms with E-state index in [9.17, 15) is 14.4 Å². The quantitative estimate of drug-likeness (QED) is 0.457. The fraction of sp³-hybridized carbons (Fsp3) is 0.400. The largest absolute Gasteiger partial charge is 0.492 e. The van der Waals surface area contributed by atoms with E-state index >= 15 is 0 Å². The van der Waals surface area contributed by atoms with E-state index in [1.165, 1.54) is 24.1 Å². The molecule has 1 aliphatic rings. The summed E-state index contributed by atoms with van der Waals surface area (Å²) >= 11 is 0. The maximum Gasteiger partial charge on any atom is 0.260 e. The molecule has 1 fully saturated rings. The third-order valence-corrected chi connectivity index (χ3v) is 6.33. The fourth-order valence-corrected chi connectivity index (χ4v) is 4.23. The molecule has 0 radical (unpaired) electrons. The van der Waals surface area contributed by atoms with Crippen LogP contribution in [0.3, 0.4) is 0 Å². The molecule has 3 heterocycles. The first-order valence-corrected chi connectivity index (χ1v) is 12.0. The number of nitrogen functional groups attached to an aromatic ring is 1. The van der Waals surface area contributed by atoms with Gasteiger partial charge in [0.1, 0.15) is 5.82 Å². The van der Waals surface area contributed by atoms with Crippen LogP contribution in [0, 0.1) is 0 Å². The number of nitrogens with one attached hydrogen (secondary N) is 1. The topological polar surface area (TPSA) is 145 Å². The number of nitrogens with two attached hydrogens (primary N) is 1. The Bertz CT molecular complexity index is 1350. The lowest BCUT2D eigenvalue weighted by Crippen LogP contribution is -2.47. The predicted molar refractivity (Wildman–Crippen MR) is 139 cm³/mol. The number of likely N-dealkylation sites (N-methyl/N-ethyl adjacent to an activating group) is 1. The minimum atomic E-state index is -0.491. The number of carbonyl (C=O) groups is 2. The third kappa shape index (κ3) is 5.64. The third-order valence-electron chi connectivity index (χ3n) is 6.33. The van der Waals surface area contributed by atoms with Crippen molar-refractivity contribution in [1.29, 1.82) is 0 Å². The van der Waals surface area contributed by atoms with Gasteiger partial charge in [-0.15, -0.1) is 0 Å². The standard InChI is InChI=1S/C25H31N7O5/c1-4-32-20(29-23(34)16-14-27-25(26)28-15-16)13-18-17(24(32)35)5-6-19(22(18)36-3)37-12-7-21(33)31-10-8-30(2)9-11-31/h5-6,13-15H,4,7-12H2,1-3H3,(H,29,34)(H2,26,27,28). The molecule has 2 amide bonds. The van der Waals surface area contributed by atoms with Crippen LogP contribution in [0.1, 0.15) is 23.7 Å². The second-order valence-corrected chi connectivity index (χ2v) is 8.70. The van der Waals surface area contributed by atoms with Gasteiger partial charge in [-0.3, -0.25) is 19.0 Å². The number of aromatic nitrogens is 3. The number of fused-ring (bicyclic) bond motifs is 1. The zero-order valence-electron chi connectivity index (χ0n) is 21.2. The van der Waals surface area contributed by atoms with Crippen molar-refractivity contribution in [3.63, 3.8) is 0 Å². The molecular weight excluding hydrogens is 478 g/mol. The number of hydrogen-bond donors (Lipinski definition) is 2. The number of anilines is 2. The van der Waals surface area contributed by atoms with Gasteiger partial charge in [0.2, 0.25) is 11.9 Å². The van der Waals surface area contributed by atoms with Crippen molar-refractivity contribution in [2.24, 2.45) is 0 Å². The molecule has 0 aliphatic carbocycles. The van der Waals surface area contributed by atoms with E-state index < -0.39 is 5.91 Å². The summed E-state index contributed by atoms with van der Waals surface area (Å²) in [5.74, 6) is 0.623. The summed E-state index contributed by atoms with van der Waals surface area (Å²) in [4.78, 5) is 50.3. The second-order valence-electron chi connectivity index (χ2n) is 8.70. The van der Waals surface area contributed by atoms with E-state index in [-0.39, 0.29) is 41.8 Å². The van der Waals surface area contributed by atoms with Crippen molar-refractivity contribution in [2.75, 3.05) is 58.0 Å². The number of carbonyl (C=O) groups excluding carboxylic acids is 2. The first-order chi connectivity index (χ1) is 17.8. The van der Waals surface area contributed by atoms with Crippen LogP contribution in [0.5, 0.6) is 11.5 Å². The van der Waals surface area contributed by atoms with Crippen molar-refractivity contribution in [3.05, 3.63) is 46.5 Å². The maximum atomic E-state index is 13.2. The second kappa shape index (κ2) is 11.2. The molecule has 196 valence electrons. The van der Waals surface area contributed by atoms with E-state index in [0.717, 1.165) is 13.1 Å². The van der Waals surface area contributed by atoms with Gasteiger partial charge in [-0.25, -0.2) is 9.97 Å². The minimum absolute atomic E-state index is 0.0373. The predicted octanol–water partition coefficient (Wildman–Crippen LogP) is 1.20. The van der Waals surface area contributed by atoms with Crippen LogP contribution >= 0.6 is 0 Å². The lowest BCUT2D eigenvalue weighted by atomic mass is 10.1. The number of benzene rings is 1. The highest BCUT2D eigenvalue weighted by Crippen LogP contribution is 2.35. The van der Waals surface area contributed by atoms with Crippen LogP contribution in [0.4, 0.5) is 11.8 Å². The molecule has 1 aliphatic heterocycles. The Balaban J connectivity index is 1.57. The first kappa shape index (κ1) is 25.9. The minimum Gasteiger partial charge on any atom is -0.492 e. The highest BCUT2D eigenvalue weighted by atomic mass is 16.5. The number of piperazine rings is 1. The van der Waals surface area contributed by atoms with E-state index in [4.69, 9.17) is 15.2 Å². The molecule has 0 unspecified atom stereocenters. The molecule has 2 aromatic heterocycles. The summed E-state index contributed by atoms with van der Waals surface area (Å²) < 4.78 is 13.0. The Morgan fingerprint density at radius 3 is 2.46 bits per heavy atom. The maximum absolute atomic E-state index is 13.2. The van der Waals surface area contributed by atoms with Crippen molar-refractivity contribution in [1.82, 2.24) is 24.3 Å². The van der Waals surface area contributed by atoms with Gasteiger partial charge in [0, 0.05) is 50.5 Å². The SMILES string of the molecule is CCn1c(NC(=O)c2cnc(N)nc2)cc2c(OC)c(OCCC(=O)N3CCN(C)CC3)ccc2c1=O. The number of pyridine rings is 1. The molecule has 0 bridgehead atoms. The summed E-state index contributed by atoms with van der Waals surface area (Å²) in [5.41, 5.74) is 5.40. The number of ether oxygens (including phenoxy) is 2. The molecule has 3 aromatic rings. The summed E-state index contributed by atoms with van der Waals surface area (Å²) in [6, 6.07) is 4.98. The Morgan fingerprint density at radius 1 is 1.11 bits per heavy atom. The van der Waals surface area contributed by atoms with Gasteiger partial charge >= 0.3 is 0 Å². The zero-order chi connectivity index (χ0) is 26.5. The first-order valence-electron chi connectivity index (χ1n) is 12.0. The van der Waals surface area contributed by atoms with Crippen LogP contribution in [0.2, 0.25) is 0 Å². The molecule has 1 aromatic carbocycles. The number of hydrogen-bond acceptors (Lipinski definition) is 9.